The molecule has 4 heterocycles. The standard InChI is InChI=1S/C25H33N4O4PS/c1-14-21(33-13-16-7-6-10-28(16)2)22(35-25(14)34(4,5)32)18-12-29(3)24(31)20-17(18)11-19(27-20)23(30)26-15-8-9-15/h11-12,15-16,27H,6-10,13H2,1-5H3,(H,26,30). The van der Waals surface area contributed by atoms with Crippen molar-refractivity contribution in [2.24, 2.45) is 7.05 Å². The number of carbonyl (C=O) groups is 1. The summed E-state index contributed by atoms with van der Waals surface area (Å²) in [5, 5.41) is 3.65. The number of rotatable bonds is 7. The molecule has 3 aromatic heterocycles. The molecule has 1 aliphatic heterocycles. The molecule has 5 rings (SSSR count). The van der Waals surface area contributed by atoms with Crippen LogP contribution in [0.2, 0.25) is 0 Å². The third kappa shape index (κ3) is 4.61. The van der Waals surface area contributed by atoms with E-state index in [1.54, 1.807) is 32.6 Å². The molecule has 8 nitrogen and oxygen atoms in total. The van der Waals surface area contributed by atoms with E-state index in [4.69, 9.17) is 4.74 Å². The summed E-state index contributed by atoms with van der Waals surface area (Å²) in [5.41, 5.74) is 2.25. The maximum absolute atomic E-state index is 13.2. The average molecular weight is 517 g/mol. The highest BCUT2D eigenvalue weighted by atomic mass is 32.1. The van der Waals surface area contributed by atoms with Gasteiger partial charge in [-0.1, -0.05) is 0 Å². The predicted molar refractivity (Wildman–Crippen MR) is 142 cm³/mol. The van der Waals surface area contributed by atoms with E-state index in [0.29, 0.717) is 29.2 Å². The van der Waals surface area contributed by atoms with Gasteiger partial charge in [0.1, 0.15) is 30.7 Å². The molecule has 1 unspecified atom stereocenters. The molecule has 188 valence electrons. The van der Waals surface area contributed by atoms with Gasteiger partial charge in [0.25, 0.3) is 11.5 Å². The number of fused-ring (bicyclic) bond motifs is 1. The van der Waals surface area contributed by atoms with Crippen LogP contribution in [0, 0.1) is 6.92 Å². The highest BCUT2D eigenvalue weighted by molar-refractivity contribution is 7.76. The van der Waals surface area contributed by atoms with Gasteiger partial charge in [0.2, 0.25) is 0 Å². The van der Waals surface area contributed by atoms with Gasteiger partial charge >= 0.3 is 0 Å². The van der Waals surface area contributed by atoms with Crippen LogP contribution in [0.15, 0.2) is 17.1 Å². The van der Waals surface area contributed by atoms with Crippen molar-refractivity contribution in [2.45, 2.75) is 44.7 Å². The maximum Gasteiger partial charge on any atom is 0.274 e. The monoisotopic (exact) mass is 516 g/mol. The Hall–Kier alpha value is -2.35. The Labute approximate surface area is 209 Å². The van der Waals surface area contributed by atoms with Crippen molar-refractivity contribution < 1.29 is 14.1 Å². The first-order chi connectivity index (χ1) is 16.5. The number of aromatic amines is 1. The third-order valence-electron chi connectivity index (χ3n) is 7.01. The lowest BCUT2D eigenvalue weighted by Gasteiger charge is -2.20. The van der Waals surface area contributed by atoms with Crippen LogP contribution in [0.4, 0.5) is 0 Å². The van der Waals surface area contributed by atoms with E-state index >= 15 is 0 Å². The molecule has 1 atom stereocenters. The van der Waals surface area contributed by atoms with E-state index in [1.165, 1.54) is 15.9 Å². The molecular formula is C25H33N4O4PS. The number of likely N-dealkylation sites (tertiary alicyclic amines) is 1. The molecule has 10 heteroatoms. The number of nitrogens with zero attached hydrogens (tertiary/aromatic N) is 2. The lowest BCUT2D eigenvalue weighted by atomic mass is 10.1. The Kier molecular flexibility index (Phi) is 6.22. The molecule has 3 aromatic rings. The summed E-state index contributed by atoms with van der Waals surface area (Å²) < 4.78 is 22.0. The SMILES string of the molecule is Cc1c(P(C)(C)=O)sc(-c2cn(C)c(=O)c3[nH]c(C(=O)NC4CC4)cc23)c1OCC1CCCN1C. The molecule has 2 N–H and O–H groups in total. The van der Waals surface area contributed by atoms with Crippen LogP contribution in [0.1, 0.15) is 41.7 Å². The Morgan fingerprint density at radius 3 is 2.66 bits per heavy atom. The molecule has 1 amide bonds. The fourth-order valence-electron chi connectivity index (χ4n) is 4.85. The minimum Gasteiger partial charge on any atom is -0.490 e. The molecule has 35 heavy (non-hydrogen) atoms. The van der Waals surface area contributed by atoms with Gasteiger partial charge in [-0.05, 0) is 65.6 Å². The van der Waals surface area contributed by atoms with Gasteiger partial charge in [-0.25, -0.2) is 0 Å². The maximum atomic E-state index is 13.2. The van der Waals surface area contributed by atoms with E-state index in [1.807, 2.05) is 6.92 Å². The smallest absolute Gasteiger partial charge is 0.274 e. The number of ether oxygens (including phenoxy) is 1. The molecule has 0 bridgehead atoms. The summed E-state index contributed by atoms with van der Waals surface area (Å²) >= 11 is 1.47. The molecule has 0 spiro atoms. The molecule has 2 aliphatic rings. The molecule has 0 aromatic carbocycles. The molecule has 2 fully saturated rings. The number of nitrogens with one attached hydrogen (secondary N) is 2. The van der Waals surface area contributed by atoms with Crippen molar-refractivity contribution in [3.63, 3.8) is 0 Å². The zero-order chi connectivity index (χ0) is 25.1. The minimum atomic E-state index is -2.56. The van der Waals surface area contributed by atoms with E-state index in [-0.39, 0.29) is 17.5 Å². The molecule has 1 saturated carbocycles. The highest BCUT2D eigenvalue weighted by Gasteiger charge is 2.30. The van der Waals surface area contributed by atoms with Crippen molar-refractivity contribution in [3.05, 3.63) is 33.9 Å². The first-order valence-corrected chi connectivity index (χ1v) is 15.5. The van der Waals surface area contributed by atoms with E-state index < -0.39 is 7.14 Å². The van der Waals surface area contributed by atoms with E-state index in [9.17, 15) is 14.2 Å². The van der Waals surface area contributed by atoms with Crippen molar-refractivity contribution >= 4 is 39.9 Å². The van der Waals surface area contributed by atoms with Crippen LogP contribution < -0.4 is 20.2 Å². The molecular weight excluding hydrogens is 483 g/mol. The summed E-state index contributed by atoms with van der Waals surface area (Å²) in [6, 6.07) is 2.31. The van der Waals surface area contributed by atoms with Crippen LogP contribution in [-0.4, -0.2) is 66.0 Å². The molecule has 1 saturated heterocycles. The van der Waals surface area contributed by atoms with Crippen LogP contribution in [0.5, 0.6) is 5.75 Å². The number of aryl methyl sites for hydroxylation is 1. The summed E-state index contributed by atoms with van der Waals surface area (Å²) in [6.45, 7) is 7.13. The first-order valence-electron chi connectivity index (χ1n) is 12.1. The average Bonchev–Trinajstić information content (AvgIpc) is 3.17. The number of thiophene rings is 1. The normalized spacial score (nSPS) is 18.9. The Morgan fingerprint density at radius 2 is 2.03 bits per heavy atom. The topological polar surface area (TPSA) is 96.4 Å². The second-order valence-corrected chi connectivity index (χ2v) is 14.8. The minimum absolute atomic E-state index is 0.200. The Balaban J connectivity index is 1.64. The van der Waals surface area contributed by atoms with Crippen LogP contribution in [0.25, 0.3) is 21.3 Å². The highest BCUT2D eigenvalue weighted by Crippen LogP contribution is 2.48. The number of amides is 1. The van der Waals surface area contributed by atoms with Crippen molar-refractivity contribution in [1.82, 2.24) is 19.8 Å². The molecule has 0 radical (unpaired) electrons. The predicted octanol–water partition coefficient (Wildman–Crippen LogP) is 3.52. The number of hydrogen-bond donors (Lipinski definition) is 2. The second kappa shape index (κ2) is 8.95. The lowest BCUT2D eigenvalue weighted by Crippen LogP contribution is -2.30. The number of carbonyl (C=O) groups excluding carboxylic acids is 1. The van der Waals surface area contributed by atoms with Crippen molar-refractivity contribution in [2.75, 3.05) is 33.5 Å². The Bertz CT molecular complexity index is 1410. The zero-order valence-electron chi connectivity index (χ0n) is 20.9. The van der Waals surface area contributed by atoms with Gasteiger partial charge in [0, 0.05) is 41.8 Å². The Morgan fingerprint density at radius 1 is 1.29 bits per heavy atom. The van der Waals surface area contributed by atoms with Crippen LogP contribution in [-0.2, 0) is 11.6 Å². The number of likely N-dealkylation sites (N-methyl/N-ethyl adjacent to an activating group) is 1. The third-order valence-corrected chi connectivity index (χ3v) is 11.0. The fraction of sp³-hybridized carbons (Fsp3) is 0.520. The second-order valence-electron chi connectivity index (χ2n) is 10.3. The van der Waals surface area contributed by atoms with Gasteiger partial charge in [-0.2, -0.15) is 0 Å². The van der Waals surface area contributed by atoms with Gasteiger partial charge < -0.3 is 29.1 Å². The van der Waals surface area contributed by atoms with Crippen LogP contribution >= 0.6 is 18.5 Å². The van der Waals surface area contributed by atoms with Crippen molar-refractivity contribution in [1.29, 1.82) is 0 Å². The van der Waals surface area contributed by atoms with Crippen molar-refractivity contribution in [3.8, 4) is 16.2 Å². The van der Waals surface area contributed by atoms with Gasteiger partial charge in [0.05, 0.1) is 9.50 Å². The first kappa shape index (κ1) is 24.3. The fourth-order valence-corrected chi connectivity index (χ4v) is 7.93. The van der Waals surface area contributed by atoms with Gasteiger partial charge in [-0.15, -0.1) is 11.3 Å². The quantitative estimate of drug-likeness (QED) is 0.469. The summed E-state index contributed by atoms with van der Waals surface area (Å²) in [6.07, 6.45) is 6.01. The number of pyridine rings is 1. The summed E-state index contributed by atoms with van der Waals surface area (Å²) in [4.78, 5) is 31.9. The molecule has 1 aliphatic carbocycles. The largest absolute Gasteiger partial charge is 0.490 e. The number of hydrogen-bond acceptors (Lipinski definition) is 6. The van der Waals surface area contributed by atoms with Gasteiger partial charge in [0.15, 0.2) is 0 Å². The van der Waals surface area contributed by atoms with Gasteiger partial charge in [-0.3, -0.25) is 9.59 Å². The van der Waals surface area contributed by atoms with Crippen LogP contribution in [0.3, 0.4) is 0 Å². The number of aromatic nitrogens is 2. The number of H-pyrrole nitrogens is 1. The summed E-state index contributed by atoms with van der Waals surface area (Å²) in [7, 11) is 1.26. The lowest BCUT2D eigenvalue weighted by molar-refractivity contribution is 0.0947. The van der Waals surface area contributed by atoms with E-state index in [0.717, 1.165) is 58.6 Å². The zero-order valence-corrected chi connectivity index (χ0v) is 22.6. The van der Waals surface area contributed by atoms with E-state index in [2.05, 4.69) is 22.2 Å². The summed E-state index contributed by atoms with van der Waals surface area (Å²) in [5.74, 6) is 0.520.